The van der Waals surface area contributed by atoms with Crippen molar-refractivity contribution in [1.29, 1.82) is 0 Å². The molecule has 0 unspecified atom stereocenters. The molecule has 0 aromatic heterocycles. The molecular weight excluding hydrogens is 387 g/mol. The van der Waals surface area contributed by atoms with Gasteiger partial charge < -0.3 is 10.2 Å². The standard InChI is InChI=1S/C20H26Cl2N2O3/c1-14(25)23-10-4-2-3-5-19(26)24-11-8-15(9-12-24)20(27)16-6-7-17(21)18(22)13-16/h6-7,13,15H,2-5,8-12H2,1H3,(H,23,25). The number of unbranched alkanes of at least 4 members (excludes halogenated alkanes) is 2. The van der Waals surface area contributed by atoms with E-state index in [0.717, 1.165) is 19.3 Å². The lowest BCUT2D eigenvalue weighted by Gasteiger charge is -2.31. The Balaban J connectivity index is 1.71. The van der Waals surface area contributed by atoms with E-state index < -0.39 is 0 Å². The fourth-order valence-corrected chi connectivity index (χ4v) is 3.57. The highest BCUT2D eigenvalue weighted by Crippen LogP contribution is 2.27. The number of Topliss-reactive ketones (excluding diaryl/α,β-unsaturated/α-hetero) is 1. The maximum absolute atomic E-state index is 12.6. The Morgan fingerprint density at radius 1 is 1.07 bits per heavy atom. The minimum Gasteiger partial charge on any atom is -0.356 e. The quantitative estimate of drug-likeness (QED) is 0.515. The van der Waals surface area contributed by atoms with Crippen LogP contribution < -0.4 is 5.32 Å². The van der Waals surface area contributed by atoms with Gasteiger partial charge in [-0.2, -0.15) is 0 Å². The van der Waals surface area contributed by atoms with E-state index in [-0.39, 0.29) is 23.5 Å². The lowest BCUT2D eigenvalue weighted by Crippen LogP contribution is -2.40. The number of rotatable bonds is 8. The van der Waals surface area contributed by atoms with E-state index in [0.29, 0.717) is 54.5 Å². The highest BCUT2D eigenvalue weighted by molar-refractivity contribution is 6.42. The van der Waals surface area contributed by atoms with Crippen molar-refractivity contribution in [3.8, 4) is 0 Å². The van der Waals surface area contributed by atoms with E-state index in [2.05, 4.69) is 5.32 Å². The first-order valence-electron chi connectivity index (χ1n) is 9.40. The number of carbonyl (C=O) groups excluding carboxylic acids is 3. The number of ketones is 1. The molecule has 2 rings (SSSR count). The number of benzene rings is 1. The minimum absolute atomic E-state index is 0.0237. The number of likely N-dealkylation sites (tertiary alicyclic amines) is 1. The van der Waals surface area contributed by atoms with Crippen LogP contribution in [0.2, 0.25) is 10.0 Å². The van der Waals surface area contributed by atoms with Crippen LogP contribution in [0.3, 0.4) is 0 Å². The van der Waals surface area contributed by atoms with Gasteiger partial charge in [0, 0.05) is 44.5 Å². The Kier molecular flexibility index (Phi) is 8.58. The van der Waals surface area contributed by atoms with Crippen LogP contribution in [0.25, 0.3) is 0 Å². The SMILES string of the molecule is CC(=O)NCCCCCC(=O)N1CCC(C(=O)c2ccc(Cl)c(Cl)c2)CC1. The van der Waals surface area contributed by atoms with E-state index in [1.165, 1.54) is 6.92 Å². The molecule has 1 heterocycles. The van der Waals surface area contributed by atoms with Crippen LogP contribution in [0.4, 0.5) is 0 Å². The Labute approximate surface area is 170 Å². The topological polar surface area (TPSA) is 66.5 Å². The van der Waals surface area contributed by atoms with Crippen molar-refractivity contribution < 1.29 is 14.4 Å². The molecular formula is C20H26Cl2N2O3. The summed E-state index contributed by atoms with van der Waals surface area (Å²) in [6, 6.07) is 4.96. The van der Waals surface area contributed by atoms with E-state index >= 15 is 0 Å². The highest BCUT2D eigenvalue weighted by atomic mass is 35.5. The zero-order valence-corrected chi connectivity index (χ0v) is 17.1. The van der Waals surface area contributed by atoms with Crippen molar-refractivity contribution in [2.75, 3.05) is 19.6 Å². The zero-order valence-electron chi connectivity index (χ0n) is 15.6. The van der Waals surface area contributed by atoms with Crippen LogP contribution in [0, 0.1) is 5.92 Å². The third kappa shape index (κ3) is 6.82. The van der Waals surface area contributed by atoms with Crippen LogP contribution in [-0.4, -0.2) is 42.1 Å². The van der Waals surface area contributed by atoms with Gasteiger partial charge in [-0.3, -0.25) is 14.4 Å². The molecule has 1 aromatic carbocycles. The van der Waals surface area contributed by atoms with E-state index in [4.69, 9.17) is 23.2 Å². The Morgan fingerprint density at radius 2 is 1.78 bits per heavy atom. The summed E-state index contributed by atoms with van der Waals surface area (Å²) < 4.78 is 0. The molecule has 27 heavy (non-hydrogen) atoms. The summed E-state index contributed by atoms with van der Waals surface area (Å²) in [5, 5.41) is 3.57. The number of piperidine rings is 1. The predicted octanol–water partition coefficient (Wildman–Crippen LogP) is 4.11. The lowest BCUT2D eigenvalue weighted by molar-refractivity contribution is -0.132. The second-order valence-corrected chi connectivity index (χ2v) is 7.76. The van der Waals surface area contributed by atoms with Crippen LogP contribution in [-0.2, 0) is 9.59 Å². The molecule has 0 saturated carbocycles. The van der Waals surface area contributed by atoms with Gasteiger partial charge >= 0.3 is 0 Å². The number of amides is 2. The van der Waals surface area contributed by atoms with Gasteiger partial charge in [0.1, 0.15) is 0 Å². The van der Waals surface area contributed by atoms with Gasteiger partial charge in [0.25, 0.3) is 0 Å². The van der Waals surface area contributed by atoms with E-state index in [9.17, 15) is 14.4 Å². The summed E-state index contributed by atoms with van der Waals surface area (Å²) in [5.41, 5.74) is 0.577. The smallest absolute Gasteiger partial charge is 0.222 e. The van der Waals surface area contributed by atoms with Crippen molar-refractivity contribution in [3.63, 3.8) is 0 Å². The van der Waals surface area contributed by atoms with Gasteiger partial charge in [0.15, 0.2) is 5.78 Å². The first-order valence-corrected chi connectivity index (χ1v) is 10.2. The van der Waals surface area contributed by atoms with Gasteiger partial charge in [0.05, 0.1) is 10.0 Å². The van der Waals surface area contributed by atoms with E-state index in [1.807, 2.05) is 4.90 Å². The van der Waals surface area contributed by atoms with Gasteiger partial charge in [-0.05, 0) is 43.9 Å². The summed E-state index contributed by atoms with van der Waals surface area (Å²) in [6.45, 7) is 3.38. The molecule has 0 atom stereocenters. The van der Waals surface area contributed by atoms with Gasteiger partial charge in [-0.15, -0.1) is 0 Å². The fraction of sp³-hybridized carbons (Fsp3) is 0.550. The molecule has 1 saturated heterocycles. The Morgan fingerprint density at radius 3 is 2.41 bits per heavy atom. The van der Waals surface area contributed by atoms with Crippen molar-refractivity contribution in [3.05, 3.63) is 33.8 Å². The number of halogens is 2. The molecule has 1 aromatic rings. The normalized spacial score (nSPS) is 14.9. The summed E-state index contributed by atoms with van der Waals surface area (Å²) in [5.74, 6) is 0.113. The molecule has 1 fully saturated rings. The number of nitrogens with one attached hydrogen (secondary N) is 1. The van der Waals surface area contributed by atoms with Crippen LogP contribution in [0.5, 0.6) is 0 Å². The highest BCUT2D eigenvalue weighted by Gasteiger charge is 2.27. The third-order valence-corrected chi connectivity index (χ3v) is 5.60. The maximum Gasteiger partial charge on any atom is 0.222 e. The first-order chi connectivity index (χ1) is 12.9. The first kappa shape index (κ1) is 21.7. The lowest BCUT2D eigenvalue weighted by atomic mass is 9.88. The largest absolute Gasteiger partial charge is 0.356 e. The molecule has 0 bridgehead atoms. The molecule has 1 N–H and O–H groups in total. The van der Waals surface area contributed by atoms with Crippen molar-refractivity contribution in [2.24, 2.45) is 5.92 Å². The zero-order chi connectivity index (χ0) is 19.8. The monoisotopic (exact) mass is 412 g/mol. The molecule has 1 aliphatic rings. The second-order valence-electron chi connectivity index (χ2n) is 6.94. The van der Waals surface area contributed by atoms with Gasteiger partial charge in [-0.25, -0.2) is 0 Å². The van der Waals surface area contributed by atoms with Crippen LogP contribution in [0.1, 0.15) is 55.8 Å². The molecule has 0 radical (unpaired) electrons. The summed E-state index contributed by atoms with van der Waals surface area (Å²) >= 11 is 11.9. The Hall–Kier alpha value is -1.59. The van der Waals surface area contributed by atoms with Crippen molar-refractivity contribution in [2.45, 2.75) is 45.4 Å². The molecule has 7 heteroatoms. The average Bonchev–Trinajstić information content (AvgIpc) is 2.66. The minimum atomic E-state index is -0.0797. The van der Waals surface area contributed by atoms with Gasteiger partial charge in [0.2, 0.25) is 11.8 Å². The Bertz CT molecular complexity index is 686. The van der Waals surface area contributed by atoms with Crippen LogP contribution in [0.15, 0.2) is 18.2 Å². The fourth-order valence-electron chi connectivity index (χ4n) is 3.28. The summed E-state index contributed by atoms with van der Waals surface area (Å²) in [6.07, 6.45) is 4.48. The molecule has 0 spiro atoms. The molecule has 5 nitrogen and oxygen atoms in total. The molecule has 2 amide bonds. The summed E-state index contributed by atoms with van der Waals surface area (Å²) in [7, 11) is 0. The number of hydrogen-bond donors (Lipinski definition) is 1. The second kappa shape index (κ2) is 10.7. The maximum atomic E-state index is 12.6. The van der Waals surface area contributed by atoms with Crippen LogP contribution >= 0.6 is 23.2 Å². The number of hydrogen-bond acceptors (Lipinski definition) is 3. The molecule has 0 aliphatic carbocycles. The van der Waals surface area contributed by atoms with Gasteiger partial charge in [-0.1, -0.05) is 29.6 Å². The van der Waals surface area contributed by atoms with E-state index in [1.54, 1.807) is 18.2 Å². The molecule has 1 aliphatic heterocycles. The average molecular weight is 413 g/mol. The van der Waals surface area contributed by atoms with Crippen molar-refractivity contribution >= 4 is 40.8 Å². The number of carbonyl (C=O) groups is 3. The number of nitrogens with zero attached hydrogens (tertiary/aromatic N) is 1. The summed E-state index contributed by atoms with van der Waals surface area (Å²) in [4.78, 5) is 37.6. The predicted molar refractivity (Wildman–Crippen MR) is 107 cm³/mol. The third-order valence-electron chi connectivity index (χ3n) is 4.86. The van der Waals surface area contributed by atoms with Crippen molar-refractivity contribution in [1.82, 2.24) is 10.2 Å². The molecule has 148 valence electrons.